The van der Waals surface area contributed by atoms with Crippen LogP contribution in [0.5, 0.6) is 0 Å². The number of nitrogens with zero attached hydrogens (tertiary/aromatic N) is 3. The zero-order valence-electron chi connectivity index (χ0n) is 14.7. The van der Waals surface area contributed by atoms with E-state index in [1.807, 2.05) is 18.5 Å². The highest BCUT2D eigenvalue weighted by Crippen LogP contribution is 2.24. The number of nitrogens with one attached hydrogen (secondary N) is 2. The number of hydrogen-bond acceptors (Lipinski definition) is 4. The molecule has 1 aromatic heterocycles. The Morgan fingerprint density at radius 3 is 2.83 bits per heavy atom. The zero-order chi connectivity index (χ0) is 17.3. The Balaban J connectivity index is 1.61. The molecule has 7 heteroatoms. The maximum absolute atomic E-state index is 12.5. The lowest BCUT2D eigenvalue weighted by atomic mass is 10.0. The molecule has 0 radical (unpaired) electrons. The molecular formula is C17H27N5O2. The number of carbonyl (C=O) groups excluding carboxylic acids is 2. The molecule has 0 spiro atoms. The van der Waals surface area contributed by atoms with E-state index in [0.29, 0.717) is 25.9 Å². The van der Waals surface area contributed by atoms with E-state index >= 15 is 0 Å². The van der Waals surface area contributed by atoms with Gasteiger partial charge in [0.1, 0.15) is 12.1 Å². The molecule has 2 amide bonds. The Labute approximate surface area is 142 Å². The van der Waals surface area contributed by atoms with Crippen LogP contribution in [0.4, 0.5) is 0 Å². The van der Waals surface area contributed by atoms with Crippen molar-refractivity contribution in [2.75, 3.05) is 6.54 Å². The molecule has 3 rings (SSSR count). The second-order valence-electron chi connectivity index (χ2n) is 6.77. The van der Waals surface area contributed by atoms with Crippen molar-refractivity contribution in [2.24, 2.45) is 0 Å². The summed E-state index contributed by atoms with van der Waals surface area (Å²) in [7, 11) is 0. The van der Waals surface area contributed by atoms with Crippen LogP contribution in [0.3, 0.4) is 0 Å². The first-order valence-corrected chi connectivity index (χ1v) is 8.90. The van der Waals surface area contributed by atoms with Gasteiger partial charge >= 0.3 is 0 Å². The van der Waals surface area contributed by atoms with Gasteiger partial charge in [0.15, 0.2) is 0 Å². The maximum Gasteiger partial charge on any atom is 0.245 e. The van der Waals surface area contributed by atoms with Crippen molar-refractivity contribution in [3.8, 4) is 0 Å². The van der Waals surface area contributed by atoms with E-state index < -0.39 is 0 Å². The Bertz CT molecular complexity index is 626. The summed E-state index contributed by atoms with van der Waals surface area (Å²) in [5.41, 5.74) is 2.19. The summed E-state index contributed by atoms with van der Waals surface area (Å²) in [5.74, 6) is 0.0630. The quantitative estimate of drug-likeness (QED) is 0.798. The van der Waals surface area contributed by atoms with Gasteiger partial charge in [-0.3, -0.25) is 14.3 Å². The van der Waals surface area contributed by atoms with Crippen molar-refractivity contribution >= 4 is 11.8 Å². The average molecular weight is 333 g/mol. The minimum absolute atomic E-state index is 0.00710. The lowest BCUT2D eigenvalue weighted by Gasteiger charge is -2.34. The largest absolute Gasteiger partial charge is 0.343 e. The molecule has 0 bridgehead atoms. The highest BCUT2D eigenvalue weighted by Gasteiger charge is 2.45. The lowest BCUT2D eigenvalue weighted by Crippen LogP contribution is -2.61. The van der Waals surface area contributed by atoms with Gasteiger partial charge in [-0.05, 0) is 26.7 Å². The van der Waals surface area contributed by atoms with Crippen LogP contribution in [-0.2, 0) is 22.7 Å². The number of rotatable bonds is 6. The maximum atomic E-state index is 12.5. The van der Waals surface area contributed by atoms with E-state index in [0.717, 1.165) is 18.7 Å². The summed E-state index contributed by atoms with van der Waals surface area (Å²) in [6.45, 7) is 8.28. The van der Waals surface area contributed by atoms with Crippen LogP contribution < -0.4 is 10.6 Å². The molecule has 2 fully saturated rings. The highest BCUT2D eigenvalue weighted by atomic mass is 16.2. The van der Waals surface area contributed by atoms with E-state index in [1.54, 1.807) is 4.90 Å². The second-order valence-corrected chi connectivity index (χ2v) is 6.77. The molecule has 3 atom stereocenters. The summed E-state index contributed by atoms with van der Waals surface area (Å²) in [6, 6.07) is -0.514. The first kappa shape index (κ1) is 17.0. The van der Waals surface area contributed by atoms with Crippen LogP contribution in [0.15, 0.2) is 6.20 Å². The van der Waals surface area contributed by atoms with E-state index in [2.05, 4.69) is 28.9 Å². The number of carbonyl (C=O) groups is 2. The van der Waals surface area contributed by atoms with Crippen LogP contribution in [0.2, 0.25) is 0 Å². The van der Waals surface area contributed by atoms with Gasteiger partial charge in [-0.15, -0.1) is 0 Å². The molecule has 0 saturated carbocycles. The predicted molar refractivity (Wildman–Crippen MR) is 90.2 cm³/mol. The fourth-order valence-electron chi connectivity index (χ4n) is 3.64. The second kappa shape index (κ2) is 6.93. The van der Waals surface area contributed by atoms with Gasteiger partial charge in [-0.25, -0.2) is 0 Å². The molecule has 1 aromatic rings. The number of aromatic nitrogens is 2. The van der Waals surface area contributed by atoms with E-state index in [4.69, 9.17) is 0 Å². The molecule has 2 aliphatic heterocycles. The third-order valence-corrected chi connectivity index (χ3v) is 5.03. The molecule has 24 heavy (non-hydrogen) atoms. The minimum atomic E-state index is -0.345. The van der Waals surface area contributed by atoms with Crippen LogP contribution in [0, 0.1) is 6.92 Å². The standard InChI is InChI=1S/C17H27N5O2/c1-4-6-14-17(24)22-10-13(7-15(22)16(23)19-14)18-8-12-9-21(5-2)20-11(12)3/h9,13-15,18H,4-8,10H2,1-3H3,(H,19,23)/t13-,14-,15-/m0/s1. The fourth-order valence-corrected chi connectivity index (χ4v) is 3.64. The summed E-state index contributed by atoms with van der Waals surface area (Å²) >= 11 is 0. The van der Waals surface area contributed by atoms with Gasteiger partial charge in [-0.1, -0.05) is 13.3 Å². The Morgan fingerprint density at radius 1 is 1.38 bits per heavy atom. The van der Waals surface area contributed by atoms with Crippen LogP contribution >= 0.6 is 0 Å². The smallest absolute Gasteiger partial charge is 0.245 e. The van der Waals surface area contributed by atoms with Crippen molar-refractivity contribution in [2.45, 2.75) is 71.2 Å². The van der Waals surface area contributed by atoms with Gasteiger partial charge in [0.2, 0.25) is 11.8 Å². The highest BCUT2D eigenvalue weighted by molar-refractivity contribution is 5.97. The number of piperazine rings is 1. The summed E-state index contributed by atoms with van der Waals surface area (Å²) in [5, 5.41) is 10.8. The van der Waals surface area contributed by atoms with Gasteiger partial charge in [-0.2, -0.15) is 5.10 Å². The Morgan fingerprint density at radius 2 is 2.17 bits per heavy atom. The van der Waals surface area contributed by atoms with E-state index in [9.17, 15) is 9.59 Å². The van der Waals surface area contributed by atoms with Crippen LogP contribution in [0.25, 0.3) is 0 Å². The van der Waals surface area contributed by atoms with Gasteiger partial charge in [0.25, 0.3) is 0 Å². The number of hydrogen-bond donors (Lipinski definition) is 2. The van der Waals surface area contributed by atoms with Crippen molar-refractivity contribution in [3.05, 3.63) is 17.5 Å². The molecule has 2 aliphatic rings. The predicted octanol–water partition coefficient (Wildman–Crippen LogP) is 0.569. The molecule has 132 valence electrons. The van der Waals surface area contributed by atoms with Gasteiger partial charge < -0.3 is 15.5 Å². The van der Waals surface area contributed by atoms with Crippen LogP contribution in [-0.4, -0.2) is 51.2 Å². The Kier molecular flexibility index (Phi) is 4.89. The summed E-state index contributed by atoms with van der Waals surface area (Å²) in [6.07, 6.45) is 4.33. The molecule has 0 aromatic carbocycles. The third-order valence-electron chi connectivity index (χ3n) is 5.03. The van der Waals surface area contributed by atoms with Crippen molar-refractivity contribution < 1.29 is 9.59 Å². The van der Waals surface area contributed by atoms with Gasteiger partial charge in [0, 0.05) is 37.4 Å². The third kappa shape index (κ3) is 3.17. The first-order valence-electron chi connectivity index (χ1n) is 8.90. The minimum Gasteiger partial charge on any atom is -0.343 e. The number of aryl methyl sites for hydroxylation is 2. The average Bonchev–Trinajstić information content (AvgIpc) is 3.14. The monoisotopic (exact) mass is 333 g/mol. The molecule has 3 heterocycles. The summed E-state index contributed by atoms with van der Waals surface area (Å²) in [4.78, 5) is 26.6. The van der Waals surface area contributed by atoms with Crippen molar-refractivity contribution in [1.29, 1.82) is 0 Å². The first-order chi connectivity index (χ1) is 11.5. The molecule has 7 nitrogen and oxygen atoms in total. The van der Waals surface area contributed by atoms with Crippen LogP contribution in [0.1, 0.15) is 44.4 Å². The zero-order valence-corrected chi connectivity index (χ0v) is 14.7. The Hall–Kier alpha value is -1.89. The SMILES string of the molecule is CCC[C@@H]1NC(=O)[C@@H]2C[C@H](NCc3cn(CC)nc3C)CN2C1=O. The van der Waals surface area contributed by atoms with Crippen molar-refractivity contribution in [1.82, 2.24) is 25.3 Å². The molecule has 0 unspecified atom stereocenters. The van der Waals surface area contributed by atoms with E-state index in [1.165, 1.54) is 5.56 Å². The van der Waals surface area contributed by atoms with E-state index in [-0.39, 0.29) is 29.9 Å². The fraction of sp³-hybridized carbons (Fsp3) is 0.706. The summed E-state index contributed by atoms with van der Waals surface area (Å²) < 4.78 is 1.93. The topological polar surface area (TPSA) is 79.3 Å². The molecule has 2 N–H and O–H groups in total. The van der Waals surface area contributed by atoms with Crippen molar-refractivity contribution in [3.63, 3.8) is 0 Å². The van der Waals surface area contributed by atoms with Gasteiger partial charge in [0.05, 0.1) is 5.69 Å². The molecule has 0 aliphatic carbocycles. The molecule has 2 saturated heterocycles. The lowest BCUT2D eigenvalue weighted by molar-refractivity contribution is -0.147. The number of amides is 2. The molecular weight excluding hydrogens is 306 g/mol. The number of fused-ring (bicyclic) bond motifs is 1. The normalized spacial score (nSPS) is 26.6.